The minimum absolute atomic E-state index is 0.119. The van der Waals surface area contributed by atoms with E-state index < -0.39 is 63.1 Å². The predicted octanol–water partition coefficient (Wildman–Crippen LogP) is 6.07. The summed E-state index contributed by atoms with van der Waals surface area (Å²) in [7, 11) is 0. The van der Waals surface area contributed by atoms with E-state index in [1.165, 1.54) is 12.4 Å². The first-order valence-corrected chi connectivity index (χ1v) is 10.0. The Morgan fingerprint density at radius 1 is 1.06 bits per heavy atom. The van der Waals surface area contributed by atoms with E-state index in [1.54, 1.807) is 13.8 Å². The molecule has 0 saturated carbocycles. The third-order valence-electron chi connectivity index (χ3n) is 4.36. The van der Waals surface area contributed by atoms with E-state index in [4.69, 9.17) is 39.5 Å². The fraction of sp³-hybridized carbons (Fsp3) is 0.350. The van der Waals surface area contributed by atoms with Crippen LogP contribution in [0.2, 0.25) is 0 Å². The molecule has 0 bridgehead atoms. The van der Waals surface area contributed by atoms with Crippen molar-refractivity contribution in [1.82, 2.24) is 9.97 Å². The average molecular weight is 500 g/mol. The summed E-state index contributed by atoms with van der Waals surface area (Å²) >= 11 is 17.1. The van der Waals surface area contributed by atoms with Crippen LogP contribution in [0.3, 0.4) is 0 Å². The molecular formula is C20H17Cl3F4N2O2. The normalized spacial score (nSPS) is 12.7. The summed E-state index contributed by atoms with van der Waals surface area (Å²) < 4.78 is 59.8. The van der Waals surface area contributed by atoms with Gasteiger partial charge in [0.1, 0.15) is 6.61 Å². The number of aromatic nitrogens is 2. The predicted molar refractivity (Wildman–Crippen MR) is 109 cm³/mol. The highest BCUT2D eigenvalue weighted by Gasteiger charge is 2.31. The fourth-order valence-electron chi connectivity index (χ4n) is 2.84. The largest absolute Gasteiger partial charge is 0.460 e. The summed E-state index contributed by atoms with van der Waals surface area (Å²) in [4.78, 5) is 20.4. The molecule has 1 aromatic heterocycles. The lowest BCUT2D eigenvalue weighted by Gasteiger charge is -2.20. The second-order valence-electron chi connectivity index (χ2n) is 6.87. The van der Waals surface area contributed by atoms with Gasteiger partial charge in [-0.15, -0.1) is 6.58 Å². The number of ether oxygens (including phenoxy) is 1. The molecule has 1 unspecified atom stereocenters. The van der Waals surface area contributed by atoms with Gasteiger partial charge < -0.3 is 4.74 Å². The zero-order valence-electron chi connectivity index (χ0n) is 16.4. The lowest BCUT2D eigenvalue weighted by molar-refractivity contribution is -0.148. The monoisotopic (exact) mass is 498 g/mol. The lowest BCUT2D eigenvalue weighted by atomic mass is 9.90. The Bertz CT molecular complexity index is 951. The summed E-state index contributed by atoms with van der Waals surface area (Å²) in [6.07, 6.45) is 3.19. The molecule has 0 N–H and O–H groups in total. The molecule has 0 aliphatic heterocycles. The van der Waals surface area contributed by atoms with Crippen LogP contribution in [-0.4, -0.2) is 15.9 Å². The summed E-state index contributed by atoms with van der Waals surface area (Å²) in [6.45, 7) is 5.62. The number of esters is 1. The smallest absolute Gasteiger partial charge is 0.314 e. The maximum absolute atomic E-state index is 14.3. The van der Waals surface area contributed by atoms with Crippen LogP contribution in [0.5, 0.6) is 0 Å². The van der Waals surface area contributed by atoms with Gasteiger partial charge in [-0.3, -0.25) is 4.79 Å². The maximum atomic E-state index is 14.3. The van der Waals surface area contributed by atoms with Crippen LogP contribution in [0, 0.1) is 29.2 Å². The number of rotatable bonds is 7. The van der Waals surface area contributed by atoms with Gasteiger partial charge in [0.25, 0.3) is 0 Å². The molecule has 1 heterocycles. The highest BCUT2D eigenvalue weighted by molar-refractivity contribution is 6.66. The molecule has 11 heteroatoms. The fourth-order valence-corrected chi connectivity index (χ4v) is 3.14. The van der Waals surface area contributed by atoms with E-state index in [-0.39, 0.29) is 17.3 Å². The quantitative estimate of drug-likeness (QED) is 0.153. The van der Waals surface area contributed by atoms with Gasteiger partial charge in [-0.25, -0.2) is 27.5 Å². The molecule has 0 spiro atoms. The van der Waals surface area contributed by atoms with E-state index in [0.29, 0.717) is 0 Å². The van der Waals surface area contributed by atoms with Gasteiger partial charge in [-0.2, -0.15) is 0 Å². The molecule has 168 valence electrons. The molecule has 4 nitrogen and oxygen atoms in total. The first kappa shape index (κ1) is 25.4. The number of allylic oxidation sites excluding steroid dienone is 1. The number of nitrogens with zero attached hydrogens (tertiary/aromatic N) is 2. The molecule has 1 atom stereocenters. The highest BCUT2D eigenvalue weighted by atomic mass is 35.6. The Balaban J connectivity index is 2.28. The van der Waals surface area contributed by atoms with Crippen LogP contribution in [0.15, 0.2) is 25.0 Å². The molecule has 0 saturated heterocycles. The van der Waals surface area contributed by atoms with Gasteiger partial charge >= 0.3 is 5.97 Å². The van der Waals surface area contributed by atoms with E-state index in [0.717, 1.165) is 6.08 Å². The van der Waals surface area contributed by atoms with Gasteiger partial charge in [-0.05, 0) is 12.3 Å². The Hall–Kier alpha value is -1.90. The molecule has 31 heavy (non-hydrogen) atoms. The van der Waals surface area contributed by atoms with E-state index in [1.807, 2.05) is 0 Å². The Kier molecular flexibility index (Phi) is 8.30. The van der Waals surface area contributed by atoms with Crippen molar-refractivity contribution in [2.75, 3.05) is 0 Å². The van der Waals surface area contributed by atoms with E-state index in [2.05, 4.69) is 16.5 Å². The second kappa shape index (κ2) is 10.1. The summed E-state index contributed by atoms with van der Waals surface area (Å²) in [5, 5.41) is 0. The number of alkyl halides is 3. The minimum Gasteiger partial charge on any atom is -0.460 e. The number of benzene rings is 1. The van der Waals surface area contributed by atoms with E-state index >= 15 is 0 Å². The van der Waals surface area contributed by atoms with Crippen molar-refractivity contribution in [2.24, 2.45) is 5.92 Å². The standard InChI is InChI=1S/C20H17Cl3F4N2O2/c1-4-5-11-14(24)16(26)12(17(27)15(11)25)8-31-18(30)13(9(2)3)10-6-28-19(29-7-10)20(21,22)23/h4,6-7,9,13H,1,5,8H2,2-3H3. The van der Waals surface area contributed by atoms with Crippen molar-refractivity contribution < 1.29 is 27.1 Å². The van der Waals surface area contributed by atoms with Crippen LogP contribution >= 0.6 is 34.8 Å². The van der Waals surface area contributed by atoms with Crippen molar-refractivity contribution in [3.8, 4) is 0 Å². The Morgan fingerprint density at radius 3 is 1.97 bits per heavy atom. The molecule has 0 fully saturated rings. The number of halogens is 7. The zero-order valence-corrected chi connectivity index (χ0v) is 18.6. The van der Waals surface area contributed by atoms with Crippen molar-refractivity contribution in [3.63, 3.8) is 0 Å². The van der Waals surface area contributed by atoms with Crippen molar-refractivity contribution in [1.29, 1.82) is 0 Å². The van der Waals surface area contributed by atoms with Crippen LogP contribution in [0.25, 0.3) is 0 Å². The third kappa shape index (κ3) is 5.67. The molecule has 0 aliphatic rings. The summed E-state index contributed by atoms with van der Waals surface area (Å²) in [6, 6.07) is 0. The Morgan fingerprint density at radius 2 is 1.55 bits per heavy atom. The zero-order chi connectivity index (χ0) is 23.5. The summed E-state index contributed by atoms with van der Waals surface area (Å²) in [5.74, 6) is -8.75. The number of hydrogen-bond donors (Lipinski definition) is 0. The van der Waals surface area contributed by atoms with E-state index in [9.17, 15) is 22.4 Å². The van der Waals surface area contributed by atoms with Crippen LogP contribution in [0.1, 0.15) is 42.3 Å². The van der Waals surface area contributed by atoms with Gasteiger partial charge in [-0.1, -0.05) is 54.7 Å². The first-order valence-electron chi connectivity index (χ1n) is 8.90. The molecule has 0 radical (unpaired) electrons. The van der Waals surface area contributed by atoms with Crippen molar-refractivity contribution >= 4 is 40.8 Å². The molecule has 2 rings (SSSR count). The van der Waals surface area contributed by atoms with Crippen molar-refractivity contribution in [3.05, 3.63) is 70.8 Å². The van der Waals surface area contributed by atoms with Gasteiger partial charge in [0, 0.05) is 23.5 Å². The molecule has 2 aromatic rings. The van der Waals surface area contributed by atoms with Crippen LogP contribution in [-0.2, 0) is 26.4 Å². The lowest BCUT2D eigenvalue weighted by Crippen LogP contribution is -2.22. The maximum Gasteiger partial charge on any atom is 0.314 e. The number of hydrogen-bond acceptors (Lipinski definition) is 4. The third-order valence-corrected chi connectivity index (χ3v) is 4.86. The topological polar surface area (TPSA) is 52.1 Å². The van der Waals surface area contributed by atoms with Gasteiger partial charge in [0.2, 0.25) is 3.79 Å². The average Bonchev–Trinajstić information content (AvgIpc) is 2.69. The molecule has 1 aromatic carbocycles. The van der Waals surface area contributed by atoms with Gasteiger partial charge in [0.15, 0.2) is 29.1 Å². The molecular weight excluding hydrogens is 483 g/mol. The van der Waals surface area contributed by atoms with Crippen LogP contribution in [0.4, 0.5) is 17.6 Å². The molecule has 0 aliphatic carbocycles. The van der Waals surface area contributed by atoms with Gasteiger partial charge in [0.05, 0.1) is 11.5 Å². The SMILES string of the molecule is C=CCc1c(F)c(F)c(COC(=O)C(c2cnc(C(Cl)(Cl)Cl)nc2)C(C)C)c(F)c1F. The van der Waals surface area contributed by atoms with Crippen molar-refractivity contribution in [2.45, 2.75) is 36.6 Å². The number of carbonyl (C=O) groups is 1. The Labute approximate surface area is 191 Å². The van der Waals surface area contributed by atoms with Crippen LogP contribution < -0.4 is 0 Å². The number of carbonyl (C=O) groups excluding carboxylic acids is 1. The second-order valence-corrected chi connectivity index (χ2v) is 9.15. The molecule has 0 amide bonds. The first-order chi connectivity index (χ1) is 14.4. The minimum atomic E-state index is -1.87. The highest BCUT2D eigenvalue weighted by Crippen LogP contribution is 2.36. The summed E-state index contributed by atoms with van der Waals surface area (Å²) in [5.41, 5.74) is -1.55.